The van der Waals surface area contributed by atoms with Crippen LogP contribution in [0.15, 0.2) is 36.4 Å². The molecule has 2 rings (SSSR count). The minimum absolute atomic E-state index is 0.432. The van der Waals surface area contributed by atoms with Gasteiger partial charge in [-0.05, 0) is 24.0 Å². The van der Waals surface area contributed by atoms with Crippen LogP contribution in [0.1, 0.15) is 51.0 Å². The third kappa shape index (κ3) is 3.99. The van der Waals surface area contributed by atoms with Crippen molar-refractivity contribution >= 4 is 5.57 Å². The summed E-state index contributed by atoms with van der Waals surface area (Å²) in [5.41, 5.74) is 2.82. The van der Waals surface area contributed by atoms with Crippen LogP contribution in [0.4, 0.5) is 0 Å². The van der Waals surface area contributed by atoms with E-state index in [9.17, 15) is 0 Å². The van der Waals surface area contributed by atoms with Crippen molar-refractivity contribution in [3.63, 3.8) is 0 Å². The largest absolute Gasteiger partial charge is 0.374 e. The van der Waals surface area contributed by atoms with E-state index in [1.54, 1.807) is 0 Å². The van der Waals surface area contributed by atoms with Crippen LogP contribution in [-0.4, -0.2) is 12.7 Å². The predicted octanol–water partition coefficient (Wildman–Crippen LogP) is 4.83. The van der Waals surface area contributed by atoms with E-state index >= 15 is 0 Å². The van der Waals surface area contributed by atoms with Gasteiger partial charge in [-0.2, -0.15) is 0 Å². The Kier molecular flexibility index (Phi) is 5.47. The number of rotatable bonds is 6. The molecule has 0 N–H and O–H groups in total. The highest BCUT2D eigenvalue weighted by atomic mass is 16.5. The summed E-state index contributed by atoms with van der Waals surface area (Å²) >= 11 is 0. The molecule has 0 fully saturated rings. The first-order valence-electron chi connectivity index (χ1n) is 7.26. The highest BCUT2D eigenvalue weighted by Gasteiger charge is 2.16. The average Bonchev–Trinajstić information content (AvgIpc) is 2.45. The number of hydrogen-bond donors (Lipinski definition) is 0. The van der Waals surface area contributed by atoms with Crippen molar-refractivity contribution in [2.75, 3.05) is 6.61 Å². The molecule has 1 aromatic carbocycles. The first kappa shape index (κ1) is 13.4. The number of ether oxygens (including phenoxy) is 1. The van der Waals surface area contributed by atoms with Gasteiger partial charge in [0.05, 0.1) is 12.7 Å². The Balaban J connectivity index is 1.83. The van der Waals surface area contributed by atoms with Crippen molar-refractivity contribution in [1.82, 2.24) is 0 Å². The smallest absolute Gasteiger partial charge is 0.0657 e. The normalized spacial score (nSPS) is 19.6. The van der Waals surface area contributed by atoms with E-state index < -0.39 is 0 Å². The zero-order valence-electron chi connectivity index (χ0n) is 11.4. The number of benzene rings is 1. The SMILES string of the molecule is CCCCCCC1CC(c2ccccc2)=CCO1. The minimum Gasteiger partial charge on any atom is -0.374 e. The maximum atomic E-state index is 5.83. The van der Waals surface area contributed by atoms with Crippen molar-refractivity contribution in [2.45, 2.75) is 51.6 Å². The Morgan fingerprint density at radius 2 is 1.94 bits per heavy atom. The van der Waals surface area contributed by atoms with Gasteiger partial charge in [-0.3, -0.25) is 0 Å². The highest BCUT2D eigenvalue weighted by molar-refractivity contribution is 5.66. The van der Waals surface area contributed by atoms with Gasteiger partial charge < -0.3 is 4.74 Å². The molecule has 0 saturated carbocycles. The summed E-state index contributed by atoms with van der Waals surface area (Å²) in [6.45, 7) is 3.04. The van der Waals surface area contributed by atoms with Crippen LogP contribution in [-0.2, 0) is 4.74 Å². The number of unbranched alkanes of at least 4 members (excludes halogenated alkanes) is 3. The van der Waals surface area contributed by atoms with Crippen molar-refractivity contribution in [2.24, 2.45) is 0 Å². The molecular formula is C17H24O. The van der Waals surface area contributed by atoms with Gasteiger partial charge in [0.25, 0.3) is 0 Å². The third-order valence-corrected chi connectivity index (χ3v) is 3.63. The lowest BCUT2D eigenvalue weighted by Crippen LogP contribution is -2.18. The molecule has 0 radical (unpaired) electrons. The molecule has 98 valence electrons. The summed E-state index contributed by atoms with van der Waals surface area (Å²) in [6, 6.07) is 10.7. The van der Waals surface area contributed by atoms with Gasteiger partial charge in [-0.25, -0.2) is 0 Å². The van der Waals surface area contributed by atoms with E-state index in [0.717, 1.165) is 13.0 Å². The van der Waals surface area contributed by atoms with Gasteiger partial charge in [0.2, 0.25) is 0 Å². The molecule has 1 aromatic rings. The molecule has 18 heavy (non-hydrogen) atoms. The molecule has 0 aromatic heterocycles. The van der Waals surface area contributed by atoms with Gasteiger partial charge in [0, 0.05) is 0 Å². The summed E-state index contributed by atoms with van der Waals surface area (Å²) in [4.78, 5) is 0. The monoisotopic (exact) mass is 244 g/mol. The quantitative estimate of drug-likeness (QED) is 0.651. The molecule has 0 aliphatic carbocycles. The van der Waals surface area contributed by atoms with Crippen LogP contribution in [0.2, 0.25) is 0 Å². The van der Waals surface area contributed by atoms with Crippen LogP contribution in [0.25, 0.3) is 5.57 Å². The molecular weight excluding hydrogens is 220 g/mol. The van der Waals surface area contributed by atoms with Crippen LogP contribution in [0, 0.1) is 0 Å². The lowest BCUT2D eigenvalue weighted by molar-refractivity contribution is 0.0627. The van der Waals surface area contributed by atoms with Crippen LogP contribution in [0.5, 0.6) is 0 Å². The Bertz CT molecular complexity index is 366. The minimum atomic E-state index is 0.432. The molecule has 0 bridgehead atoms. The fourth-order valence-electron chi connectivity index (χ4n) is 2.54. The topological polar surface area (TPSA) is 9.23 Å². The van der Waals surface area contributed by atoms with E-state index in [2.05, 4.69) is 43.3 Å². The third-order valence-electron chi connectivity index (χ3n) is 3.63. The van der Waals surface area contributed by atoms with E-state index in [1.807, 2.05) is 0 Å². The van der Waals surface area contributed by atoms with E-state index in [-0.39, 0.29) is 0 Å². The molecule has 0 spiro atoms. The van der Waals surface area contributed by atoms with Crippen molar-refractivity contribution in [1.29, 1.82) is 0 Å². The average molecular weight is 244 g/mol. The Morgan fingerprint density at radius 3 is 2.72 bits per heavy atom. The highest BCUT2D eigenvalue weighted by Crippen LogP contribution is 2.27. The van der Waals surface area contributed by atoms with Crippen LogP contribution >= 0.6 is 0 Å². The zero-order valence-corrected chi connectivity index (χ0v) is 11.4. The van der Waals surface area contributed by atoms with Gasteiger partial charge in [0.1, 0.15) is 0 Å². The molecule has 0 saturated heterocycles. The molecule has 1 unspecified atom stereocenters. The van der Waals surface area contributed by atoms with Crippen molar-refractivity contribution in [3.8, 4) is 0 Å². The summed E-state index contributed by atoms with van der Waals surface area (Å²) in [5.74, 6) is 0. The van der Waals surface area contributed by atoms with Gasteiger partial charge >= 0.3 is 0 Å². The second kappa shape index (κ2) is 7.38. The Morgan fingerprint density at radius 1 is 1.11 bits per heavy atom. The van der Waals surface area contributed by atoms with Crippen LogP contribution in [0.3, 0.4) is 0 Å². The van der Waals surface area contributed by atoms with E-state index in [1.165, 1.54) is 43.2 Å². The predicted molar refractivity (Wildman–Crippen MR) is 77.5 cm³/mol. The Hall–Kier alpha value is -1.08. The number of hydrogen-bond acceptors (Lipinski definition) is 1. The first-order valence-corrected chi connectivity index (χ1v) is 7.26. The maximum Gasteiger partial charge on any atom is 0.0657 e. The molecule has 1 nitrogen and oxygen atoms in total. The lowest BCUT2D eigenvalue weighted by Gasteiger charge is -2.23. The van der Waals surface area contributed by atoms with Crippen molar-refractivity contribution in [3.05, 3.63) is 42.0 Å². The van der Waals surface area contributed by atoms with E-state index in [4.69, 9.17) is 4.74 Å². The van der Waals surface area contributed by atoms with Gasteiger partial charge in [-0.15, -0.1) is 0 Å². The maximum absolute atomic E-state index is 5.83. The standard InChI is InChI=1S/C17H24O/c1-2-3-4-8-11-17-14-16(12-13-18-17)15-9-6-5-7-10-15/h5-7,9-10,12,17H,2-4,8,11,13-14H2,1H3. The molecule has 1 atom stereocenters. The second-order valence-electron chi connectivity index (χ2n) is 5.10. The van der Waals surface area contributed by atoms with Gasteiger partial charge in [-0.1, -0.05) is 69.0 Å². The fraction of sp³-hybridized carbons (Fsp3) is 0.529. The lowest BCUT2D eigenvalue weighted by atomic mass is 9.95. The molecule has 1 heterocycles. The molecule has 1 heteroatoms. The summed E-state index contributed by atoms with van der Waals surface area (Å²) in [7, 11) is 0. The second-order valence-corrected chi connectivity index (χ2v) is 5.10. The fourth-order valence-corrected chi connectivity index (χ4v) is 2.54. The first-order chi connectivity index (χ1) is 8.90. The van der Waals surface area contributed by atoms with E-state index in [0.29, 0.717) is 6.10 Å². The van der Waals surface area contributed by atoms with Gasteiger partial charge in [0.15, 0.2) is 0 Å². The summed E-state index contributed by atoms with van der Waals surface area (Å²) in [6.07, 6.45) is 10.3. The Labute approximate surface area is 111 Å². The molecule has 1 aliphatic heterocycles. The summed E-state index contributed by atoms with van der Waals surface area (Å²) in [5, 5.41) is 0. The molecule has 0 amide bonds. The summed E-state index contributed by atoms with van der Waals surface area (Å²) < 4.78 is 5.83. The van der Waals surface area contributed by atoms with Crippen LogP contribution < -0.4 is 0 Å². The molecule has 1 aliphatic rings. The van der Waals surface area contributed by atoms with Crippen molar-refractivity contribution < 1.29 is 4.74 Å². The zero-order chi connectivity index (χ0) is 12.6.